The number of hydrogen-bond donors (Lipinski definition) is 1. The number of nitrogens with zero attached hydrogens (tertiary/aromatic N) is 1. The van der Waals surface area contributed by atoms with Crippen LogP contribution in [0.25, 0.3) is 21.8 Å². The van der Waals surface area contributed by atoms with Crippen LogP contribution in [0.15, 0.2) is 69.6 Å². The molecule has 0 atom stereocenters. The van der Waals surface area contributed by atoms with Gasteiger partial charge >= 0.3 is 0 Å². The lowest BCUT2D eigenvalue weighted by atomic mass is 10.2. The second kappa shape index (κ2) is 7.95. The fourth-order valence-corrected chi connectivity index (χ4v) is 4.19. The molecule has 4 aromatic rings. The number of benzene rings is 3. The average molecular weight is 488 g/mol. The molecule has 27 heavy (non-hydrogen) atoms. The van der Waals surface area contributed by atoms with Crippen molar-refractivity contribution in [3.8, 4) is 5.75 Å². The average Bonchev–Trinajstić information content (AvgIpc) is 2.98. The van der Waals surface area contributed by atoms with Gasteiger partial charge in [0.15, 0.2) is 0 Å². The number of nitrogens with one attached hydrogen (secondary N) is 1. The summed E-state index contributed by atoms with van der Waals surface area (Å²) in [6, 6.07) is 21.1. The topological polar surface area (TPSA) is 26.2 Å². The van der Waals surface area contributed by atoms with E-state index in [4.69, 9.17) is 4.74 Å². The zero-order valence-corrected chi connectivity index (χ0v) is 18.2. The Hall–Kier alpha value is -1.98. The van der Waals surface area contributed by atoms with Gasteiger partial charge in [0.25, 0.3) is 0 Å². The van der Waals surface area contributed by atoms with E-state index in [2.05, 4.69) is 78.1 Å². The van der Waals surface area contributed by atoms with Gasteiger partial charge in [-0.05, 0) is 67.1 Å². The minimum absolute atomic E-state index is 0.878. The maximum atomic E-state index is 5.20. The molecule has 0 aliphatic heterocycles. The van der Waals surface area contributed by atoms with E-state index < -0.39 is 0 Å². The number of rotatable bonds is 6. The Morgan fingerprint density at radius 3 is 2.00 bits per heavy atom. The van der Waals surface area contributed by atoms with Crippen LogP contribution in [0.4, 0.5) is 5.69 Å². The van der Waals surface area contributed by atoms with Crippen molar-refractivity contribution in [2.75, 3.05) is 19.0 Å². The minimum atomic E-state index is 0.878. The highest BCUT2D eigenvalue weighted by Crippen LogP contribution is 2.33. The van der Waals surface area contributed by atoms with E-state index in [9.17, 15) is 0 Å². The molecule has 0 spiro atoms. The van der Waals surface area contributed by atoms with Crippen LogP contribution >= 0.6 is 31.9 Å². The Bertz CT molecular complexity index is 1030. The molecule has 0 aliphatic carbocycles. The first-order valence-corrected chi connectivity index (χ1v) is 10.5. The van der Waals surface area contributed by atoms with Gasteiger partial charge in [-0.1, -0.05) is 31.9 Å². The summed E-state index contributed by atoms with van der Waals surface area (Å²) in [6.07, 6.45) is 1.04. The maximum Gasteiger partial charge on any atom is 0.119 e. The minimum Gasteiger partial charge on any atom is -0.497 e. The fraction of sp³-hybridized carbons (Fsp3) is 0.182. The molecule has 1 heterocycles. The van der Waals surface area contributed by atoms with Gasteiger partial charge in [0, 0.05) is 49.5 Å². The molecule has 1 N–H and O–H groups in total. The quantitative estimate of drug-likeness (QED) is 0.301. The van der Waals surface area contributed by atoms with Crippen LogP contribution in [0.5, 0.6) is 5.75 Å². The SMILES string of the molecule is COc1ccc(NCCCn2c3ccc(Br)cc3c3cc(Br)ccc32)cc1. The second-order valence-electron chi connectivity index (χ2n) is 6.48. The van der Waals surface area contributed by atoms with E-state index in [1.807, 2.05) is 24.3 Å². The number of fused-ring (bicyclic) bond motifs is 3. The molecule has 4 rings (SSSR count). The van der Waals surface area contributed by atoms with Gasteiger partial charge in [-0.3, -0.25) is 0 Å². The Morgan fingerprint density at radius 1 is 0.852 bits per heavy atom. The third-order valence-electron chi connectivity index (χ3n) is 4.77. The van der Waals surface area contributed by atoms with E-state index in [0.717, 1.165) is 39.9 Å². The molecular formula is C22H20Br2N2O. The number of halogens is 2. The Labute approximate surface area is 175 Å². The molecule has 0 fully saturated rings. The first-order valence-electron chi connectivity index (χ1n) is 8.90. The van der Waals surface area contributed by atoms with Gasteiger partial charge in [-0.2, -0.15) is 0 Å². The second-order valence-corrected chi connectivity index (χ2v) is 8.31. The Balaban J connectivity index is 1.54. The van der Waals surface area contributed by atoms with Gasteiger partial charge in [0.05, 0.1) is 7.11 Å². The zero-order valence-electron chi connectivity index (χ0n) is 15.0. The number of anilines is 1. The third kappa shape index (κ3) is 3.85. The first-order chi connectivity index (χ1) is 13.2. The molecule has 0 saturated carbocycles. The molecule has 1 aromatic heterocycles. The fourth-order valence-electron chi connectivity index (χ4n) is 3.47. The van der Waals surface area contributed by atoms with Crippen molar-refractivity contribution < 1.29 is 4.74 Å². The molecule has 0 amide bonds. The van der Waals surface area contributed by atoms with Gasteiger partial charge in [-0.15, -0.1) is 0 Å². The first kappa shape index (κ1) is 18.4. The van der Waals surface area contributed by atoms with Crippen LogP contribution in [0.2, 0.25) is 0 Å². The van der Waals surface area contributed by atoms with Crippen molar-refractivity contribution in [2.24, 2.45) is 0 Å². The molecule has 0 aliphatic rings. The monoisotopic (exact) mass is 486 g/mol. The predicted molar refractivity (Wildman–Crippen MR) is 121 cm³/mol. The van der Waals surface area contributed by atoms with E-state index in [1.54, 1.807) is 7.11 Å². The van der Waals surface area contributed by atoms with Gasteiger partial charge in [0.1, 0.15) is 5.75 Å². The largest absolute Gasteiger partial charge is 0.497 e. The molecule has 0 bridgehead atoms. The standard InChI is InChI=1S/C22H20Br2N2O/c1-27-18-7-5-17(6-8-18)25-11-2-12-26-21-9-3-15(23)13-19(21)20-14-16(24)4-10-22(20)26/h3-10,13-14,25H,2,11-12H2,1H3. The van der Waals surface area contributed by atoms with Gasteiger partial charge < -0.3 is 14.6 Å². The van der Waals surface area contributed by atoms with E-state index in [1.165, 1.54) is 21.8 Å². The highest BCUT2D eigenvalue weighted by atomic mass is 79.9. The van der Waals surface area contributed by atoms with Crippen molar-refractivity contribution in [3.63, 3.8) is 0 Å². The van der Waals surface area contributed by atoms with Crippen LogP contribution < -0.4 is 10.1 Å². The Kier molecular flexibility index (Phi) is 5.41. The van der Waals surface area contributed by atoms with E-state index in [0.29, 0.717) is 0 Å². The molecular weight excluding hydrogens is 468 g/mol. The number of aryl methyl sites for hydroxylation is 1. The number of methoxy groups -OCH3 is 1. The summed E-state index contributed by atoms with van der Waals surface area (Å²) in [5.74, 6) is 0.878. The zero-order chi connectivity index (χ0) is 18.8. The molecule has 3 aromatic carbocycles. The summed E-state index contributed by atoms with van der Waals surface area (Å²) in [5.41, 5.74) is 3.66. The van der Waals surface area contributed by atoms with Crippen molar-refractivity contribution in [2.45, 2.75) is 13.0 Å². The lowest BCUT2D eigenvalue weighted by Crippen LogP contribution is -2.06. The van der Waals surface area contributed by atoms with Gasteiger partial charge in [-0.25, -0.2) is 0 Å². The van der Waals surface area contributed by atoms with Crippen LogP contribution in [0.3, 0.4) is 0 Å². The number of ether oxygens (including phenoxy) is 1. The molecule has 5 heteroatoms. The summed E-state index contributed by atoms with van der Waals surface area (Å²) in [5, 5.41) is 6.05. The summed E-state index contributed by atoms with van der Waals surface area (Å²) in [7, 11) is 1.69. The lowest BCUT2D eigenvalue weighted by molar-refractivity contribution is 0.415. The molecule has 3 nitrogen and oxygen atoms in total. The molecule has 138 valence electrons. The van der Waals surface area contributed by atoms with Crippen LogP contribution in [0, 0.1) is 0 Å². The normalized spacial score (nSPS) is 11.2. The van der Waals surface area contributed by atoms with Crippen LogP contribution in [-0.2, 0) is 6.54 Å². The van der Waals surface area contributed by atoms with Crippen LogP contribution in [-0.4, -0.2) is 18.2 Å². The van der Waals surface area contributed by atoms with E-state index in [-0.39, 0.29) is 0 Å². The summed E-state index contributed by atoms with van der Waals surface area (Å²) < 4.78 is 9.83. The summed E-state index contributed by atoms with van der Waals surface area (Å²) in [4.78, 5) is 0. The molecule has 0 saturated heterocycles. The molecule has 0 unspecified atom stereocenters. The van der Waals surface area contributed by atoms with Crippen molar-refractivity contribution in [3.05, 3.63) is 69.6 Å². The van der Waals surface area contributed by atoms with Crippen molar-refractivity contribution in [1.29, 1.82) is 0 Å². The number of hydrogen-bond acceptors (Lipinski definition) is 2. The maximum absolute atomic E-state index is 5.20. The van der Waals surface area contributed by atoms with E-state index >= 15 is 0 Å². The third-order valence-corrected chi connectivity index (χ3v) is 5.75. The summed E-state index contributed by atoms with van der Waals surface area (Å²) in [6.45, 7) is 1.88. The molecule has 0 radical (unpaired) electrons. The Morgan fingerprint density at radius 2 is 1.44 bits per heavy atom. The van der Waals surface area contributed by atoms with Crippen LogP contribution in [0.1, 0.15) is 6.42 Å². The summed E-state index contributed by atoms with van der Waals surface area (Å²) >= 11 is 7.21. The van der Waals surface area contributed by atoms with Gasteiger partial charge in [0.2, 0.25) is 0 Å². The smallest absolute Gasteiger partial charge is 0.119 e. The highest BCUT2D eigenvalue weighted by Gasteiger charge is 2.11. The lowest BCUT2D eigenvalue weighted by Gasteiger charge is -2.10. The highest BCUT2D eigenvalue weighted by molar-refractivity contribution is 9.10. The van der Waals surface area contributed by atoms with Crippen molar-refractivity contribution in [1.82, 2.24) is 4.57 Å². The predicted octanol–water partition coefficient (Wildman–Crippen LogP) is 6.83. The van der Waals surface area contributed by atoms with Crippen molar-refractivity contribution >= 4 is 59.4 Å². The number of aromatic nitrogens is 1.